The highest BCUT2D eigenvalue weighted by atomic mass is 35.5. The van der Waals surface area contributed by atoms with E-state index >= 15 is 0 Å². The Bertz CT molecular complexity index is 178. The van der Waals surface area contributed by atoms with Gasteiger partial charge >= 0.3 is 0 Å². The second kappa shape index (κ2) is 4.85. The van der Waals surface area contributed by atoms with Crippen molar-refractivity contribution in [1.29, 1.82) is 0 Å². The van der Waals surface area contributed by atoms with Crippen LogP contribution in [0.5, 0.6) is 0 Å². The molecule has 1 fully saturated rings. The standard InChI is InChI=1S/C10H18ClNO/c1-2-3-4-9(13)12-8-10(7-11)5-6-10/h2-8H2,1H3,(H,12,13). The molecule has 1 N–H and O–H groups in total. The van der Waals surface area contributed by atoms with Crippen LogP contribution in [0.15, 0.2) is 0 Å². The summed E-state index contributed by atoms with van der Waals surface area (Å²) < 4.78 is 0. The first-order valence-electron chi connectivity index (χ1n) is 5.05. The lowest BCUT2D eigenvalue weighted by Crippen LogP contribution is -2.30. The van der Waals surface area contributed by atoms with Gasteiger partial charge in [0.05, 0.1) is 0 Å². The summed E-state index contributed by atoms with van der Waals surface area (Å²) in [5.41, 5.74) is 0.253. The van der Waals surface area contributed by atoms with E-state index in [1.165, 1.54) is 12.8 Å². The minimum absolute atomic E-state index is 0.179. The van der Waals surface area contributed by atoms with Crippen LogP contribution in [0.3, 0.4) is 0 Å². The first-order chi connectivity index (χ1) is 6.22. The molecule has 1 amide bonds. The summed E-state index contributed by atoms with van der Waals surface area (Å²) >= 11 is 5.79. The van der Waals surface area contributed by atoms with Gasteiger partial charge in [-0.05, 0) is 19.3 Å². The molecule has 0 aliphatic heterocycles. The Hall–Kier alpha value is -0.240. The number of nitrogens with one attached hydrogen (secondary N) is 1. The van der Waals surface area contributed by atoms with Crippen molar-refractivity contribution < 1.29 is 4.79 Å². The highest BCUT2D eigenvalue weighted by Crippen LogP contribution is 2.45. The molecule has 0 atom stereocenters. The number of carbonyl (C=O) groups excluding carboxylic acids is 1. The van der Waals surface area contributed by atoms with Gasteiger partial charge in [-0.15, -0.1) is 11.6 Å². The Morgan fingerprint density at radius 3 is 2.69 bits per heavy atom. The lowest BCUT2D eigenvalue weighted by molar-refractivity contribution is -0.121. The molecule has 1 rings (SSSR count). The molecule has 76 valence electrons. The zero-order valence-corrected chi connectivity index (χ0v) is 8.99. The fourth-order valence-electron chi connectivity index (χ4n) is 1.25. The van der Waals surface area contributed by atoms with E-state index in [0.717, 1.165) is 19.4 Å². The Morgan fingerprint density at radius 2 is 2.23 bits per heavy atom. The first-order valence-corrected chi connectivity index (χ1v) is 5.58. The number of rotatable bonds is 6. The molecule has 0 unspecified atom stereocenters. The maximum absolute atomic E-state index is 11.2. The van der Waals surface area contributed by atoms with Crippen LogP contribution in [-0.4, -0.2) is 18.3 Å². The Labute approximate surface area is 85.0 Å². The zero-order valence-electron chi connectivity index (χ0n) is 8.24. The molecule has 0 aromatic heterocycles. The lowest BCUT2D eigenvalue weighted by Gasteiger charge is -2.11. The van der Waals surface area contributed by atoms with Crippen LogP contribution in [0.1, 0.15) is 39.0 Å². The average molecular weight is 204 g/mol. The molecule has 1 saturated carbocycles. The molecule has 0 saturated heterocycles. The molecule has 0 bridgehead atoms. The van der Waals surface area contributed by atoms with Gasteiger partial charge in [-0.1, -0.05) is 13.3 Å². The minimum Gasteiger partial charge on any atom is -0.356 e. The summed E-state index contributed by atoms with van der Waals surface area (Å²) in [5.74, 6) is 0.861. The van der Waals surface area contributed by atoms with Crippen LogP contribution < -0.4 is 5.32 Å². The second-order valence-corrected chi connectivity index (χ2v) is 4.28. The third kappa shape index (κ3) is 3.55. The molecule has 1 aliphatic carbocycles. The maximum atomic E-state index is 11.2. The van der Waals surface area contributed by atoms with Crippen LogP contribution in [0, 0.1) is 5.41 Å². The zero-order chi connectivity index (χ0) is 9.73. The Balaban J connectivity index is 2.08. The van der Waals surface area contributed by atoms with Crippen LogP contribution in [-0.2, 0) is 4.79 Å². The fraction of sp³-hybridized carbons (Fsp3) is 0.900. The molecular weight excluding hydrogens is 186 g/mol. The number of hydrogen-bond acceptors (Lipinski definition) is 1. The van der Waals surface area contributed by atoms with Crippen molar-refractivity contribution in [3.05, 3.63) is 0 Å². The van der Waals surface area contributed by atoms with Crippen molar-refractivity contribution in [3.8, 4) is 0 Å². The largest absolute Gasteiger partial charge is 0.356 e. The van der Waals surface area contributed by atoms with E-state index < -0.39 is 0 Å². The Morgan fingerprint density at radius 1 is 1.54 bits per heavy atom. The molecule has 0 aromatic carbocycles. The van der Waals surface area contributed by atoms with Gasteiger partial charge < -0.3 is 5.32 Å². The van der Waals surface area contributed by atoms with Crippen molar-refractivity contribution in [2.45, 2.75) is 39.0 Å². The molecule has 3 heteroatoms. The molecule has 0 spiro atoms. The van der Waals surface area contributed by atoms with Crippen molar-refractivity contribution >= 4 is 17.5 Å². The van der Waals surface area contributed by atoms with Crippen molar-refractivity contribution in [1.82, 2.24) is 5.32 Å². The normalized spacial score (nSPS) is 18.3. The second-order valence-electron chi connectivity index (χ2n) is 4.01. The number of amides is 1. The number of carbonyl (C=O) groups is 1. The van der Waals surface area contributed by atoms with Crippen molar-refractivity contribution in [2.24, 2.45) is 5.41 Å². The van der Waals surface area contributed by atoms with Gasteiger partial charge in [-0.2, -0.15) is 0 Å². The highest BCUT2D eigenvalue weighted by molar-refractivity contribution is 6.18. The van der Waals surface area contributed by atoms with Gasteiger partial charge in [-0.25, -0.2) is 0 Å². The van der Waals surface area contributed by atoms with Crippen LogP contribution in [0.25, 0.3) is 0 Å². The molecular formula is C10H18ClNO. The summed E-state index contributed by atoms with van der Waals surface area (Å²) in [6, 6.07) is 0. The van der Waals surface area contributed by atoms with Crippen LogP contribution in [0.2, 0.25) is 0 Å². The smallest absolute Gasteiger partial charge is 0.220 e. The summed E-state index contributed by atoms with van der Waals surface area (Å²) in [5, 5.41) is 2.95. The Kier molecular flexibility index (Phi) is 4.04. The van der Waals surface area contributed by atoms with E-state index in [-0.39, 0.29) is 11.3 Å². The van der Waals surface area contributed by atoms with Gasteiger partial charge in [-0.3, -0.25) is 4.79 Å². The van der Waals surface area contributed by atoms with Crippen molar-refractivity contribution in [3.63, 3.8) is 0 Å². The number of unbranched alkanes of at least 4 members (excludes halogenated alkanes) is 1. The summed E-state index contributed by atoms with van der Waals surface area (Å²) in [4.78, 5) is 11.2. The highest BCUT2D eigenvalue weighted by Gasteiger charge is 2.41. The van der Waals surface area contributed by atoms with Crippen LogP contribution >= 0.6 is 11.6 Å². The van der Waals surface area contributed by atoms with E-state index in [1.54, 1.807) is 0 Å². The number of halogens is 1. The van der Waals surface area contributed by atoms with Gasteiger partial charge in [0.15, 0.2) is 0 Å². The van der Waals surface area contributed by atoms with E-state index in [4.69, 9.17) is 11.6 Å². The maximum Gasteiger partial charge on any atom is 0.220 e. The average Bonchev–Trinajstić information content (AvgIpc) is 2.92. The molecule has 0 aromatic rings. The fourth-order valence-corrected chi connectivity index (χ4v) is 1.61. The molecule has 1 aliphatic rings. The van der Waals surface area contributed by atoms with E-state index in [0.29, 0.717) is 12.3 Å². The molecule has 2 nitrogen and oxygen atoms in total. The molecule has 0 radical (unpaired) electrons. The number of alkyl halides is 1. The van der Waals surface area contributed by atoms with E-state index in [2.05, 4.69) is 12.2 Å². The summed E-state index contributed by atoms with van der Waals surface area (Å²) in [6.45, 7) is 2.87. The third-order valence-electron chi connectivity index (χ3n) is 2.66. The molecule has 0 heterocycles. The monoisotopic (exact) mass is 203 g/mol. The molecule has 13 heavy (non-hydrogen) atoms. The predicted octanol–water partition coefficient (Wildman–Crippen LogP) is 2.31. The first kappa shape index (κ1) is 10.8. The topological polar surface area (TPSA) is 29.1 Å². The van der Waals surface area contributed by atoms with E-state index in [1.807, 2.05) is 0 Å². The summed E-state index contributed by atoms with van der Waals surface area (Å²) in [6.07, 6.45) is 5.07. The van der Waals surface area contributed by atoms with E-state index in [9.17, 15) is 4.79 Å². The van der Waals surface area contributed by atoms with Gasteiger partial charge in [0.2, 0.25) is 5.91 Å². The van der Waals surface area contributed by atoms with Gasteiger partial charge in [0.25, 0.3) is 0 Å². The SMILES string of the molecule is CCCCC(=O)NCC1(CCl)CC1. The minimum atomic E-state index is 0.179. The number of hydrogen-bond donors (Lipinski definition) is 1. The van der Waals surface area contributed by atoms with Crippen LogP contribution in [0.4, 0.5) is 0 Å². The summed E-state index contributed by atoms with van der Waals surface area (Å²) in [7, 11) is 0. The lowest BCUT2D eigenvalue weighted by atomic mass is 10.1. The van der Waals surface area contributed by atoms with Crippen molar-refractivity contribution in [2.75, 3.05) is 12.4 Å². The van der Waals surface area contributed by atoms with Gasteiger partial charge in [0, 0.05) is 24.3 Å². The quantitative estimate of drug-likeness (QED) is 0.660. The predicted molar refractivity (Wildman–Crippen MR) is 54.9 cm³/mol. The third-order valence-corrected chi connectivity index (χ3v) is 3.23. The van der Waals surface area contributed by atoms with Gasteiger partial charge in [0.1, 0.15) is 0 Å².